The number of hydrazine groups is 1. The van der Waals surface area contributed by atoms with Crippen LogP contribution < -0.4 is 25.6 Å². The molecule has 0 bridgehead atoms. The molecule has 1 saturated heterocycles. The molecule has 25 heavy (non-hydrogen) atoms. The Hall–Kier alpha value is -2.16. The molecule has 4 rings (SSSR count). The summed E-state index contributed by atoms with van der Waals surface area (Å²) in [4.78, 5) is 18.1. The van der Waals surface area contributed by atoms with E-state index in [1.165, 1.54) is 4.88 Å². The zero-order valence-electron chi connectivity index (χ0n) is 14.1. The Bertz CT molecular complexity index is 807. The Morgan fingerprint density at radius 3 is 2.96 bits per heavy atom. The van der Waals surface area contributed by atoms with Crippen LogP contribution in [0.25, 0.3) is 0 Å². The fourth-order valence-corrected chi connectivity index (χ4v) is 4.13. The van der Waals surface area contributed by atoms with Crippen LogP contribution in [0, 0.1) is 13.8 Å². The smallest absolute Gasteiger partial charge is 0.238 e. The number of fused-ring (bicyclic) bond motifs is 1. The van der Waals surface area contributed by atoms with Gasteiger partial charge in [-0.2, -0.15) is 0 Å². The topological polar surface area (TPSA) is 84.5 Å². The molecule has 0 spiro atoms. The number of aryl methyl sites for hydroxylation is 2. The Morgan fingerprint density at radius 1 is 1.32 bits per heavy atom. The van der Waals surface area contributed by atoms with Crippen LogP contribution >= 0.6 is 11.3 Å². The molecule has 1 amide bonds. The number of amides is 1. The maximum absolute atomic E-state index is 12.4. The highest BCUT2D eigenvalue weighted by Crippen LogP contribution is 2.32. The van der Waals surface area contributed by atoms with E-state index >= 15 is 0 Å². The van der Waals surface area contributed by atoms with Gasteiger partial charge in [-0.3, -0.25) is 4.79 Å². The SMILES string of the molecule is Cc1nc(C)c(C2CC(C(=O)NCc3ccc4c(c3)OCO4)NN2)s1. The minimum Gasteiger partial charge on any atom is -0.454 e. The van der Waals surface area contributed by atoms with Crippen molar-refractivity contribution in [1.82, 2.24) is 21.2 Å². The molecule has 1 aromatic heterocycles. The van der Waals surface area contributed by atoms with Gasteiger partial charge in [0.2, 0.25) is 12.7 Å². The second-order valence-corrected chi connectivity index (χ2v) is 7.45. The van der Waals surface area contributed by atoms with E-state index in [9.17, 15) is 4.79 Å². The highest BCUT2D eigenvalue weighted by atomic mass is 32.1. The van der Waals surface area contributed by atoms with Crippen molar-refractivity contribution in [2.75, 3.05) is 6.79 Å². The van der Waals surface area contributed by atoms with Crippen LogP contribution in [-0.4, -0.2) is 23.7 Å². The van der Waals surface area contributed by atoms with Crippen molar-refractivity contribution < 1.29 is 14.3 Å². The zero-order chi connectivity index (χ0) is 17.4. The van der Waals surface area contributed by atoms with Gasteiger partial charge in [-0.05, 0) is 38.0 Å². The first-order valence-corrected chi connectivity index (χ1v) is 9.03. The third-order valence-electron chi connectivity index (χ3n) is 4.38. The fourth-order valence-electron chi connectivity index (χ4n) is 3.13. The minimum absolute atomic E-state index is 0.0217. The van der Waals surface area contributed by atoms with E-state index in [-0.39, 0.29) is 24.8 Å². The average molecular weight is 360 g/mol. The maximum Gasteiger partial charge on any atom is 0.238 e. The zero-order valence-corrected chi connectivity index (χ0v) is 14.9. The van der Waals surface area contributed by atoms with E-state index in [1.54, 1.807) is 11.3 Å². The molecule has 2 aliphatic rings. The van der Waals surface area contributed by atoms with Crippen LogP contribution in [0.4, 0.5) is 0 Å². The van der Waals surface area contributed by atoms with Gasteiger partial charge >= 0.3 is 0 Å². The van der Waals surface area contributed by atoms with Crippen LogP contribution in [0.3, 0.4) is 0 Å². The Kier molecular flexibility index (Phi) is 4.32. The predicted molar refractivity (Wildman–Crippen MR) is 93.4 cm³/mol. The Morgan fingerprint density at radius 2 is 2.16 bits per heavy atom. The van der Waals surface area contributed by atoms with Gasteiger partial charge in [0.15, 0.2) is 11.5 Å². The molecule has 0 aliphatic carbocycles. The maximum atomic E-state index is 12.4. The second kappa shape index (κ2) is 6.62. The first-order chi connectivity index (χ1) is 12.1. The summed E-state index contributed by atoms with van der Waals surface area (Å²) in [5.74, 6) is 1.45. The van der Waals surface area contributed by atoms with E-state index in [4.69, 9.17) is 9.47 Å². The first kappa shape index (κ1) is 16.3. The van der Waals surface area contributed by atoms with E-state index in [0.717, 1.165) is 27.8 Å². The lowest BCUT2D eigenvalue weighted by Crippen LogP contribution is -2.42. The number of nitrogens with one attached hydrogen (secondary N) is 3. The molecule has 2 atom stereocenters. The normalized spacial score (nSPS) is 21.5. The predicted octanol–water partition coefficient (Wildman–Crippen LogP) is 1.71. The molecular weight excluding hydrogens is 340 g/mol. The van der Waals surface area contributed by atoms with Gasteiger partial charge in [0.05, 0.1) is 16.7 Å². The highest BCUT2D eigenvalue weighted by molar-refractivity contribution is 7.11. The highest BCUT2D eigenvalue weighted by Gasteiger charge is 2.32. The van der Waals surface area contributed by atoms with E-state index < -0.39 is 0 Å². The van der Waals surface area contributed by atoms with Gasteiger partial charge in [-0.25, -0.2) is 15.8 Å². The van der Waals surface area contributed by atoms with Gasteiger partial charge < -0.3 is 14.8 Å². The number of aromatic nitrogens is 1. The van der Waals surface area contributed by atoms with Crippen molar-refractivity contribution in [1.29, 1.82) is 0 Å². The van der Waals surface area contributed by atoms with Gasteiger partial charge in [0.1, 0.15) is 6.04 Å². The third kappa shape index (κ3) is 3.33. The van der Waals surface area contributed by atoms with Gasteiger partial charge in [0.25, 0.3) is 0 Å². The lowest BCUT2D eigenvalue weighted by molar-refractivity contribution is -0.123. The van der Waals surface area contributed by atoms with Crippen LogP contribution in [0.15, 0.2) is 18.2 Å². The molecule has 8 heteroatoms. The lowest BCUT2D eigenvalue weighted by atomic mass is 10.1. The molecule has 2 aromatic rings. The van der Waals surface area contributed by atoms with E-state index in [1.807, 2.05) is 32.0 Å². The molecule has 7 nitrogen and oxygen atoms in total. The summed E-state index contributed by atoms with van der Waals surface area (Å²) < 4.78 is 10.7. The summed E-state index contributed by atoms with van der Waals surface area (Å²) in [6.07, 6.45) is 0.704. The van der Waals surface area contributed by atoms with E-state index in [0.29, 0.717) is 13.0 Å². The summed E-state index contributed by atoms with van der Waals surface area (Å²) in [6.45, 7) is 4.71. The molecule has 1 aromatic carbocycles. The van der Waals surface area contributed by atoms with Crippen molar-refractivity contribution >= 4 is 17.2 Å². The van der Waals surface area contributed by atoms with Crippen LogP contribution in [0.2, 0.25) is 0 Å². The Labute approximate surface area is 149 Å². The summed E-state index contributed by atoms with van der Waals surface area (Å²) in [5.41, 5.74) is 8.32. The van der Waals surface area contributed by atoms with Crippen molar-refractivity contribution in [3.05, 3.63) is 39.3 Å². The van der Waals surface area contributed by atoms with Gasteiger partial charge in [-0.15, -0.1) is 11.3 Å². The minimum atomic E-state index is -0.263. The molecule has 3 heterocycles. The molecule has 1 fully saturated rings. The number of hydrogen-bond donors (Lipinski definition) is 3. The van der Waals surface area contributed by atoms with Crippen LogP contribution in [0.1, 0.15) is 33.6 Å². The van der Waals surface area contributed by atoms with Crippen molar-refractivity contribution in [3.8, 4) is 11.5 Å². The molecule has 0 saturated carbocycles. The van der Waals surface area contributed by atoms with Crippen molar-refractivity contribution in [2.24, 2.45) is 0 Å². The van der Waals surface area contributed by atoms with Gasteiger partial charge in [-0.1, -0.05) is 6.07 Å². The monoisotopic (exact) mass is 360 g/mol. The average Bonchev–Trinajstić information content (AvgIpc) is 3.31. The number of thiazole rings is 1. The lowest BCUT2D eigenvalue weighted by Gasteiger charge is -2.11. The quantitative estimate of drug-likeness (QED) is 0.770. The summed E-state index contributed by atoms with van der Waals surface area (Å²) in [5, 5.41) is 4.02. The second-order valence-electron chi connectivity index (χ2n) is 6.22. The number of nitrogens with zero attached hydrogens (tertiary/aromatic N) is 1. The number of carbonyl (C=O) groups excluding carboxylic acids is 1. The molecular formula is C17H20N4O3S. The molecule has 132 valence electrons. The first-order valence-electron chi connectivity index (χ1n) is 8.21. The summed E-state index contributed by atoms with van der Waals surface area (Å²) in [6, 6.07) is 5.55. The third-order valence-corrected chi connectivity index (χ3v) is 5.57. The molecule has 0 radical (unpaired) electrons. The number of hydrogen-bond acceptors (Lipinski definition) is 7. The van der Waals surface area contributed by atoms with Crippen molar-refractivity contribution in [2.45, 2.75) is 38.9 Å². The summed E-state index contributed by atoms with van der Waals surface area (Å²) >= 11 is 1.68. The number of rotatable bonds is 4. The van der Waals surface area contributed by atoms with Crippen LogP contribution in [0.5, 0.6) is 11.5 Å². The fraction of sp³-hybridized carbons (Fsp3) is 0.412. The number of ether oxygens (including phenoxy) is 2. The van der Waals surface area contributed by atoms with Crippen molar-refractivity contribution in [3.63, 3.8) is 0 Å². The standard InChI is InChI=1S/C17H20N4O3S/c1-9-16(25-10(2)19-9)12-6-13(21-20-12)17(22)18-7-11-3-4-14-15(5-11)24-8-23-14/h3-5,12-13,20-21H,6-8H2,1-2H3,(H,18,22). The Balaban J connectivity index is 1.34. The molecule has 3 N–H and O–H groups in total. The summed E-state index contributed by atoms with van der Waals surface area (Å²) in [7, 11) is 0. The number of benzene rings is 1. The molecule has 2 unspecified atom stereocenters. The van der Waals surface area contributed by atoms with Crippen LogP contribution in [-0.2, 0) is 11.3 Å². The molecule has 2 aliphatic heterocycles. The number of carbonyl (C=O) groups is 1. The van der Waals surface area contributed by atoms with E-state index in [2.05, 4.69) is 21.2 Å². The van der Waals surface area contributed by atoms with Gasteiger partial charge in [0, 0.05) is 11.4 Å². The largest absolute Gasteiger partial charge is 0.454 e.